The van der Waals surface area contributed by atoms with E-state index in [9.17, 15) is 9.59 Å². The fraction of sp³-hybridized carbons (Fsp3) is 0.500. The molecule has 0 aliphatic heterocycles. The van der Waals surface area contributed by atoms with Crippen LogP contribution < -0.4 is 0 Å². The number of rotatable bonds is 3. The van der Waals surface area contributed by atoms with E-state index in [0.717, 1.165) is 0 Å². The van der Waals surface area contributed by atoms with Crippen molar-refractivity contribution in [2.45, 2.75) is 12.2 Å². The smallest absolute Gasteiger partial charge is 0.479 e. The molecule has 0 aromatic rings. The van der Waals surface area contributed by atoms with Crippen LogP contribution in [-0.4, -0.2) is 44.6 Å². The van der Waals surface area contributed by atoms with Gasteiger partial charge >= 0.3 is 29.0 Å². The summed E-state index contributed by atoms with van der Waals surface area (Å²) < 4.78 is 0. The first kappa shape index (κ1) is 13.0. The van der Waals surface area contributed by atoms with Crippen LogP contribution in [0.5, 0.6) is 0 Å². The molecule has 11 heavy (non-hydrogen) atoms. The minimum Gasteiger partial charge on any atom is -0.479 e. The molecule has 0 spiro atoms. The Kier molecular flexibility index (Phi) is 6.01. The minimum absolute atomic E-state index is 0. The summed E-state index contributed by atoms with van der Waals surface area (Å²) in [6.45, 7) is 0. The normalized spacial score (nSPS) is 14.4. The topological polar surface area (TPSA) is 115 Å². The molecule has 0 bridgehead atoms. The molecule has 2 unspecified atom stereocenters. The van der Waals surface area contributed by atoms with Crippen LogP contribution in [0.15, 0.2) is 0 Å². The summed E-state index contributed by atoms with van der Waals surface area (Å²) in [6.07, 6.45) is -4.53. The van der Waals surface area contributed by atoms with Crippen molar-refractivity contribution in [1.29, 1.82) is 0 Å². The number of aliphatic hydroxyl groups excluding tert-OH is 2. The van der Waals surface area contributed by atoms with E-state index in [-0.39, 0.29) is 17.1 Å². The van der Waals surface area contributed by atoms with Crippen LogP contribution in [0, 0.1) is 0 Å². The number of carboxylic acids is 2. The number of hydrogen-bond acceptors (Lipinski definition) is 4. The molecule has 0 aromatic carbocycles. The Labute approximate surface area is 71.9 Å². The third-order valence-corrected chi connectivity index (χ3v) is 0.805. The van der Waals surface area contributed by atoms with Crippen LogP contribution in [0.4, 0.5) is 0 Å². The standard InChI is InChI=1S/C4H6O6.Fe/c5-1(3(7)8)2(6)4(9)10;/h1-2,5-6H,(H,7,8)(H,9,10);/q;+3. The first-order valence-electron chi connectivity index (χ1n) is 2.28. The minimum atomic E-state index is -2.27. The quantitative estimate of drug-likeness (QED) is 0.392. The molecule has 4 N–H and O–H groups in total. The maximum Gasteiger partial charge on any atom is 3.00 e. The zero-order valence-electron chi connectivity index (χ0n) is 5.11. The van der Waals surface area contributed by atoms with Crippen molar-refractivity contribution in [3.8, 4) is 0 Å². The van der Waals surface area contributed by atoms with Crippen LogP contribution in [-0.2, 0) is 26.7 Å². The van der Waals surface area contributed by atoms with Crippen LogP contribution >= 0.6 is 0 Å². The molecule has 0 saturated carbocycles. The molecule has 6 nitrogen and oxygen atoms in total. The Morgan fingerprint density at radius 3 is 1.18 bits per heavy atom. The largest absolute Gasteiger partial charge is 3.00 e. The third-order valence-electron chi connectivity index (χ3n) is 0.805. The van der Waals surface area contributed by atoms with Gasteiger partial charge in [-0.05, 0) is 0 Å². The van der Waals surface area contributed by atoms with Gasteiger partial charge in [0.05, 0.1) is 0 Å². The van der Waals surface area contributed by atoms with Crippen LogP contribution in [0.2, 0.25) is 0 Å². The number of hydrogen-bond donors (Lipinski definition) is 4. The fourth-order valence-corrected chi connectivity index (χ4v) is 0.270. The molecule has 0 aliphatic rings. The summed E-state index contributed by atoms with van der Waals surface area (Å²) in [5.41, 5.74) is 0. The van der Waals surface area contributed by atoms with Crippen molar-refractivity contribution in [3.05, 3.63) is 0 Å². The Bertz CT molecular complexity index is 139. The van der Waals surface area contributed by atoms with Gasteiger partial charge < -0.3 is 20.4 Å². The summed E-state index contributed by atoms with van der Waals surface area (Å²) in [5, 5.41) is 32.5. The van der Waals surface area contributed by atoms with Gasteiger partial charge in [-0.15, -0.1) is 0 Å². The number of carbonyl (C=O) groups is 2. The van der Waals surface area contributed by atoms with Gasteiger partial charge in [0, 0.05) is 0 Å². The molecule has 0 rings (SSSR count). The van der Waals surface area contributed by atoms with Crippen LogP contribution in [0.1, 0.15) is 0 Å². The SMILES string of the molecule is O=C(O)C(O)C(O)C(=O)O.[Fe+3]. The Morgan fingerprint density at radius 2 is 1.09 bits per heavy atom. The first-order chi connectivity index (χ1) is 4.46. The van der Waals surface area contributed by atoms with Crippen molar-refractivity contribution in [3.63, 3.8) is 0 Å². The maximum atomic E-state index is 9.77. The van der Waals surface area contributed by atoms with E-state index in [1.807, 2.05) is 0 Å². The monoisotopic (exact) mass is 206 g/mol. The van der Waals surface area contributed by atoms with Crippen molar-refractivity contribution in [2.75, 3.05) is 0 Å². The molecule has 2 atom stereocenters. The molecule has 0 aromatic heterocycles. The molecule has 7 heteroatoms. The molecule has 0 saturated heterocycles. The summed E-state index contributed by atoms with van der Waals surface area (Å²) in [4.78, 5) is 19.5. The molecule has 0 fully saturated rings. The zero-order valence-corrected chi connectivity index (χ0v) is 6.22. The molecule has 0 heterocycles. The second-order valence-electron chi connectivity index (χ2n) is 1.57. The predicted octanol–water partition coefficient (Wildman–Crippen LogP) is -2.13. The average Bonchev–Trinajstić information content (AvgIpc) is 1.84. The molecule has 1 radical (unpaired) electrons. The van der Waals surface area contributed by atoms with Gasteiger partial charge in [-0.3, -0.25) is 0 Å². The molecule has 0 amide bonds. The van der Waals surface area contributed by atoms with E-state index in [0.29, 0.717) is 0 Å². The summed E-state index contributed by atoms with van der Waals surface area (Å²) in [6, 6.07) is 0. The molecule has 63 valence electrons. The maximum absolute atomic E-state index is 9.77. The van der Waals surface area contributed by atoms with Crippen LogP contribution in [0.3, 0.4) is 0 Å². The van der Waals surface area contributed by atoms with Crippen molar-refractivity contribution < 1.29 is 47.1 Å². The Hall–Kier alpha value is -0.621. The second-order valence-corrected chi connectivity index (χ2v) is 1.57. The van der Waals surface area contributed by atoms with E-state index < -0.39 is 24.1 Å². The summed E-state index contributed by atoms with van der Waals surface area (Å²) >= 11 is 0. The number of aliphatic hydroxyl groups is 2. The molecule has 0 aliphatic carbocycles. The fourth-order valence-electron chi connectivity index (χ4n) is 0.270. The second kappa shape index (κ2) is 5.09. The van der Waals surface area contributed by atoms with Gasteiger partial charge in [-0.25, -0.2) is 9.59 Å². The van der Waals surface area contributed by atoms with Gasteiger partial charge in [0.25, 0.3) is 0 Å². The van der Waals surface area contributed by atoms with E-state index in [4.69, 9.17) is 20.4 Å². The predicted molar refractivity (Wildman–Crippen MR) is 27.3 cm³/mol. The van der Waals surface area contributed by atoms with Crippen molar-refractivity contribution in [1.82, 2.24) is 0 Å². The Morgan fingerprint density at radius 1 is 0.909 bits per heavy atom. The average molecular weight is 206 g/mol. The zero-order chi connectivity index (χ0) is 8.31. The Balaban J connectivity index is 0. The molecular weight excluding hydrogens is 200 g/mol. The van der Waals surface area contributed by atoms with Crippen LogP contribution in [0.25, 0.3) is 0 Å². The summed E-state index contributed by atoms with van der Waals surface area (Å²) in [7, 11) is 0. The van der Waals surface area contributed by atoms with E-state index >= 15 is 0 Å². The van der Waals surface area contributed by atoms with Gasteiger partial charge in [0.1, 0.15) is 0 Å². The van der Waals surface area contributed by atoms with Gasteiger partial charge in [-0.2, -0.15) is 0 Å². The van der Waals surface area contributed by atoms with Crippen molar-refractivity contribution >= 4 is 11.9 Å². The van der Waals surface area contributed by atoms with E-state index in [2.05, 4.69) is 0 Å². The van der Waals surface area contributed by atoms with Gasteiger partial charge in [0.2, 0.25) is 0 Å². The van der Waals surface area contributed by atoms with E-state index in [1.165, 1.54) is 0 Å². The van der Waals surface area contributed by atoms with Gasteiger partial charge in [-0.1, -0.05) is 0 Å². The number of carboxylic acid groups (broad SMARTS) is 2. The number of aliphatic carboxylic acids is 2. The van der Waals surface area contributed by atoms with Gasteiger partial charge in [0.15, 0.2) is 12.2 Å². The molecular formula is C4H6FeO6+3. The van der Waals surface area contributed by atoms with E-state index in [1.54, 1.807) is 0 Å². The first-order valence-corrected chi connectivity index (χ1v) is 2.28. The summed E-state index contributed by atoms with van der Waals surface area (Å²) in [5.74, 6) is -3.54. The van der Waals surface area contributed by atoms with Crippen molar-refractivity contribution in [2.24, 2.45) is 0 Å². The third kappa shape index (κ3) is 3.94.